The van der Waals surface area contributed by atoms with Gasteiger partial charge in [0.1, 0.15) is 28.2 Å². The molecule has 5 nitrogen and oxygen atoms in total. The van der Waals surface area contributed by atoms with Crippen LogP contribution >= 0.6 is 23.2 Å². The summed E-state index contributed by atoms with van der Waals surface area (Å²) in [6.07, 6.45) is -0.0265. The number of ether oxygens (including phenoxy) is 1. The van der Waals surface area contributed by atoms with E-state index in [1.165, 1.54) is 13.1 Å². The Bertz CT molecular complexity index is 515. The second-order valence-corrected chi connectivity index (χ2v) is 5.93. The third kappa shape index (κ3) is 4.35. The first-order chi connectivity index (χ1) is 9.15. The van der Waals surface area contributed by atoms with Gasteiger partial charge in [0.25, 0.3) is 0 Å². The van der Waals surface area contributed by atoms with Gasteiger partial charge < -0.3 is 9.53 Å². The van der Waals surface area contributed by atoms with Crippen molar-refractivity contribution in [1.82, 2.24) is 9.88 Å². The number of aromatic nitrogens is 1. The van der Waals surface area contributed by atoms with E-state index >= 15 is 0 Å². The smallest absolute Gasteiger partial charge is 0.410 e. The van der Waals surface area contributed by atoms with Crippen molar-refractivity contribution >= 4 is 35.6 Å². The first-order valence-electron chi connectivity index (χ1n) is 5.88. The van der Waals surface area contributed by atoms with Gasteiger partial charge in [0, 0.05) is 12.6 Å². The van der Waals surface area contributed by atoms with Crippen LogP contribution < -0.4 is 0 Å². The van der Waals surface area contributed by atoms with Crippen LogP contribution in [0.2, 0.25) is 10.3 Å². The van der Waals surface area contributed by atoms with Gasteiger partial charge in [-0.15, -0.1) is 0 Å². The Labute approximate surface area is 127 Å². The lowest BCUT2D eigenvalue weighted by atomic mass is 10.1. The third-order valence-electron chi connectivity index (χ3n) is 2.39. The standard InChI is InChI=1S/C13H16Cl2N2O3/c1-13(2,3)20-12(19)17(4)9(7-18)8-5-6-10(14)16-11(8)15/h5-7,9H,1-4H3. The van der Waals surface area contributed by atoms with Crippen LogP contribution in [0.1, 0.15) is 32.4 Å². The molecule has 0 radical (unpaired) electrons. The average Bonchev–Trinajstić information content (AvgIpc) is 2.30. The van der Waals surface area contributed by atoms with E-state index in [1.807, 2.05) is 0 Å². The van der Waals surface area contributed by atoms with Gasteiger partial charge in [-0.2, -0.15) is 0 Å². The summed E-state index contributed by atoms with van der Waals surface area (Å²) in [5.74, 6) is 0. The summed E-state index contributed by atoms with van der Waals surface area (Å²) in [5.41, 5.74) is -0.264. The highest BCUT2D eigenvalue weighted by atomic mass is 35.5. The van der Waals surface area contributed by atoms with Crippen LogP contribution in [0.3, 0.4) is 0 Å². The molecule has 1 rings (SSSR count). The Kier molecular flexibility index (Phi) is 5.36. The number of nitrogens with zero attached hydrogens (tertiary/aromatic N) is 2. The first-order valence-corrected chi connectivity index (χ1v) is 6.64. The van der Waals surface area contributed by atoms with Crippen molar-refractivity contribution < 1.29 is 14.3 Å². The molecular formula is C13H16Cl2N2O3. The predicted molar refractivity (Wildman–Crippen MR) is 77.1 cm³/mol. The van der Waals surface area contributed by atoms with Gasteiger partial charge in [-0.3, -0.25) is 4.90 Å². The summed E-state index contributed by atoms with van der Waals surface area (Å²) in [5, 5.41) is 0.285. The zero-order chi connectivity index (χ0) is 15.5. The normalized spacial score (nSPS) is 12.7. The molecule has 0 N–H and O–H groups in total. The lowest BCUT2D eigenvalue weighted by Gasteiger charge is -2.28. The van der Waals surface area contributed by atoms with E-state index < -0.39 is 17.7 Å². The molecule has 0 aromatic carbocycles. The van der Waals surface area contributed by atoms with E-state index in [0.717, 1.165) is 4.90 Å². The summed E-state index contributed by atoms with van der Waals surface area (Å²) in [4.78, 5) is 28.3. The Hall–Kier alpha value is -1.33. The quantitative estimate of drug-likeness (QED) is 0.632. The summed E-state index contributed by atoms with van der Waals surface area (Å²) in [6, 6.07) is 2.17. The topological polar surface area (TPSA) is 59.5 Å². The van der Waals surface area contributed by atoms with Crippen LogP contribution in [-0.2, 0) is 9.53 Å². The van der Waals surface area contributed by atoms with Crippen molar-refractivity contribution in [2.45, 2.75) is 32.4 Å². The Morgan fingerprint density at radius 3 is 2.45 bits per heavy atom. The molecule has 20 heavy (non-hydrogen) atoms. The molecular weight excluding hydrogens is 303 g/mol. The molecule has 1 atom stereocenters. The van der Waals surface area contributed by atoms with E-state index in [1.54, 1.807) is 26.8 Å². The summed E-state index contributed by atoms with van der Waals surface area (Å²) in [7, 11) is 1.46. The van der Waals surface area contributed by atoms with Crippen molar-refractivity contribution in [2.75, 3.05) is 7.05 Å². The van der Waals surface area contributed by atoms with Crippen LogP contribution in [-0.4, -0.2) is 34.9 Å². The lowest BCUT2D eigenvalue weighted by molar-refractivity contribution is -0.112. The monoisotopic (exact) mass is 318 g/mol. The fourth-order valence-corrected chi connectivity index (χ4v) is 1.92. The molecule has 1 unspecified atom stereocenters. The van der Waals surface area contributed by atoms with Gasteiger partial charge in [0.2, 0.25) is 0 Å². The maximum atomic E-state index is 12.0. The average molecular weight is 319 g/mol. The van der Waals surface area contributed by atoms with Crippen molar-refractivity contribution in [3.05, 3.63) is 28.0 Å². The van der Waals surface area contributed by atoms with E-state index in [-0.39, 0.29) is 10.3 Å². The molecule has 0 fully saturated rings. The molecule has 110 valence electrons. The first kappa shape index (κ1) is 16.7. The Balaban J connectivity index is 3.01. The van der Waals surface area contributed by atoms with E-state index in [0.29, 0.717) is 11.8 Å². The van der Waals surface area contributed by atoms with Gasteiger partial charge in [-0.1, -0.05) is 29.3 Å². The second kappa shape index (κ2) is 6.41. The molecule has 0 spiro atoms. The minimum atomic E-state index is -0.887. The highest BCUT2D eigenvalue weighted by molar-refractivity contribution is 6.33. The van der Waals surface area contributed by atoms with Crippen LogP contribution in [0.4, 0.5) is 4.79 Å². The van der Waals surface area contributed by atoms with Crippen molar-refractivity contribution in [3.63, 3.8) is 0 Å². The van der Waals surface area contributed by atoms with Gasteiger partial charge >= 0.3 is 6.09 Å². The van der Waals surface area contributed by atoms with Gasteiger partial charge in [0.05, 0.1) is 0 Å². The number of halogens is 2. The summed E-state index contributed by atoms with van der Waals surface area (Å²) < 4.78 is 5.21. The number of amides is 1. The maximum Gasteiger partial charge on any atom is 0.410 e. The number of carbonyl (C=O) groups excluding carboxylic acids is 2. The Morgan fingerprint density at radius 1 is 1.40 bits per heavy atom. The van der Waals surface area contributed by atoms with Crippen molar-refractivity contribution in [2.24, 2.45) is 0 Å². The number of likely N-dealkylation sites (N-methyl/N-ethyl adjacent to an activating group) is 1. The van der Waals surface area contributed by atoms with Gasteiger partial charge in [-0.25, -0.2) is 9.78 Å². The lowest BCUT2D eigenvalue weighted by Crippen LogP contribution is -2.37. The third-order valence-corrected chi connectivity index (χ3v) is 2.90. The largest absolute Gasteiger partial charge is 0.444 e. The van der Waals surface area contributed by atoms with Crippen LogP contribution in [0.5, 0.6) is 0 Å². The molecule has 0 aliphatic rings. The van der Waals surface area contributed by atoms with Crippen LogP contribution in [0, 0.1) is 0 Å². The molecule has 1 aromatic heterocycles. The number of pyridine rings is 1. The summed E-state index contributed by atoms with van der Waals surface area (Å²) >= 11 is 11.7. The van der Waals surface area contributed by atoms with Crippen molar-refractivity contribution in [1.29, 1.82) is 0 Å². The Morgan fingerprint density at radius 2 is 2.00 bits per heavy atom. The van der Waals surface area contributed by atoms with Gasteiger partial charge in [-0.05, 0) is 26.8 Å². The molecule has 0 aliphatic carbocycles. The molecule has 1 aromatic rings. The number of rotatable bonds is 3. The molecule has 0 saturated carbocycles. The number of carbonyl (C=O) groups is 2. The highest BCUT2D eigenvalue weighted by Crippen LogP contribution is 2.26. The number of hydrogen-bond donors (Lipinski definition) is 0. The SMILES string of the molecule is CN(C(=O)OC(C)(C)C)C(C=O)c1ccc(Cl)nc1Cl. The van der Waals surface area contributed by atoms with Gasteiger partial charge in [0.15, 0.2) is 0 Å². The maximum absolute atomic E-state index is 12.0. The molecule has 7 heteroatoms. The zero-order valence-electron chi connectivity index (χ0n) is 11.7. The molecule has 0 bridgehead atoms. The van der Waals surface area contributed by atoms with Crippen molar-refractivity contribution in [3.8, 4) is 0 Å². The minimum Gasteiger partial charge on any atom is -0.444 e. The zero-order valence-corrected chi connectivity index (χ0v) is 13.2. The van der Waals surface area contributed by atoms with Crippen LogP contribution in [0.25, 0.3) is 0 Å². The van der Waals surface area contributed by atoms with Crippen LogP contribution in [0.15, 0.2) is 12.1 Å². The fourth-order valence-electron chi connectivity index (χ4n) is 1.46. The predicted octanol–water partition coefficient (Wildman–Crippen LogP) is 3.50. The summed E-state index contributed by atoms with van der Waals surface area (Å²) in [6.45, 7) is 5.22. The minimum absolute atomic E-state index is 0.0741. The fraction of sp³-hybridized carbons (Fsp3) is 0.462. The second-order valence-electron chi connectivity index (χ2n) is 5.19. The molecule has 0 aliphatic heterocycles. The van der Waals surface area contributed by atoms with E-state index in [2.05, 4.69) is 4.98 Å². The molecule has 1 amide bonds. The number of aldehydes is 1. The van der Waals surface area contributed by atoms with E-state index in [9.17, 15) is 9.59 Å². The highest BCUT2D eigenvalue weighted by Gasteiger charge is 2.27. The number of hydrogen-bond acceptors (Lipinski definition) is 4. The van der Waals surface area contributed by atoms with E-state index in [4.69, 9.17) is 27.9 Å². The molecule has 1 heterocycles. The molecule has 0 saturated heterocycles.